The van der Waals surface area contributed by atoms with Crippen LogP contribution in [0.3, 0.4) is 0 Å². The van der Waals surface area contributed by atoms with E-state index in [4.69, 9.17) is 9.72 Å². The first-order valence-electron chi connectivity index (χ1n) is 10.7. The molecule has 0 saturated carbocycles. The van der Waals surface area contributed by atoms with Gasteiger partial charge in [-0.2, -0.15) is 13.2 Å². The number of ether oxygens (including phenoxy) is 1. The Morgan fingerprint density at radius 1 is 1.19 bits per heavy atom. The normalized spacial score (nSPS) is 16.8. The number of thioether (sulfide) groups is 1. The molecule has 2 aromatic rings. The Labute approximate surface area is 191 Å². The number of nitrogens with zero attached hydrogens (tertiary/aromatic N) is 3. The van der Waals surface area contributed by atoms with Gasteiger partial charge in [0.1, 0.15) is 16.5 Å². The molecule has 0 fully saturated rings. The number of alkyl halides is 3. The van der Waals surface area contributed by atoms with Crippen molar-refractivity contribution in [2.75, 3.05) is 12.8 Å². The number of carbonyl (C=O) groups is 1. The van der Waals surface area contributed by atoms with Crippen LogP contribution in [0.15, 0.2) is 29.3 Å². The van der Waals surface area contributed by atoms with Gasteiger partial charge in [-0.25, -0.2) is 9.78 Å². The Hall–Kier alpha value is -2.16. The van der Waals surface area contributed by atoms with Crippen molar-refractivity contribution in [1.82, 2.24) is 14.5 Å². The molecule has 1 atom stereocenters. The standard InChI is InChI=1S/C23H30F3N3O2S/c1-6-18-27-20(32-5)19-17(12-9-15-7-10-16(11-8-15)23(24,25)26)28(13-14-29(18)19)21(30)31-22(2,3)4/h7-8,10-11,17H,6,9,12-14H2,1-5H3. The Morgan fingerprint density at radius 3 is 2.38 bits per heavy atom. The molecule has 1 amide bonds. The number of halogens is 3. The highest BCUT2D eigenvalue weighted by Crippen LogP contribution is 2.38. The molecule has 1 aliphatic rings. The second-order valence-electron chi connectivity index (χ2n) is 8.85. The summed E-state index contributed by atoms with van der Waals surface area (Å²) in [4.78, 5) is 19.5. The molecule has 0 radical (unpaired) electrons. The SMILES string of the molecule is CCc1nc(SC)c2n1CCN(C(=O)OC(C)(C)C)C2CCc1ccc(C(F)(F)F)cc1. The minimum Gasteiger partial charge on any atom is -0.444 e. The molecule has 32 heavy (non-hydrogen) atoms. The van der Waals surface area contributed by atoms with E-state index in [2.05, 4.69) is 11.5 Å². The third-order valence-corrected chi connectivity index (χ3v) is 6.12. The highest BCUT2D eigenvalue weighted by Gasteiger charge is 2.37. The molecule has 0 saturated heterocycles. The Bertz CT molecular complexity index is 949. The molecule has 1 aliphatic heterocycles. The van der Waals surface area contributed by atoms with Crippen LogP contribution in [0.25, 0.3) is 0 Å². The third-order valence-electron chi connectivity index (χ3n) is 5.43. The molecule has 2 heterocycles. The largest absolute Gasteiger partial charge is 0.444 e. The number of carbonyl (C=O) groups excluding carboxylic acids is 1. The van der Waals surface area contributed by atoms with Crippen molar-refractivity contribution in [2.24, 2.45) is 0 Å². The lowest BCUT2D eigenvalue weighted by Crippen LogP contribution is -2.45. The molecule has 0 N–H and O–H groups in total. The molecule has 3 rings (SSSR count). The topological polar surface area (TPSA) is 47.4 Å². The van der Waals surface area contributed by atoms with Crippen molar-refractivity contribution >= 4 is 17.9 Å². The maximum absolute atomic E-state index is 13.0. The lowest BCUT2D eigenvalue weighted by atomic mass is 9.99. The maximum Gasteiger partial charge on any atom is 0.416 e. The van der Waals surface area contributed by atoms with Crippen LogP contribution in [0.2, 0.25) is 0 Å². The smallest absolute Gasteiger partial charge is 0.416 e. The van der Waals surface area contributed by atoms with Crippen molar-refractivity contribution in [2.45, 2.75) is 76.3 Å². The number of amides is 1. The Kier molecular flexibility index (Phi) is 7.17. The second kappa shape index (κ2) is 9.37. The number of imidazole rings is 1. The van der Waals surface area contributed by atoms with Gasteiger partial charge in [-0.1, -0.05) is 19.1 Å². The van der Waals surface area contributed by atoms with Gasteiger partial charge >= 0.3 is 12.3 Å². The van der Waals surface area contributed by atoms with Crippen LogP contribution >= 0.6 is 11.8 Å². The molecule has 0 aliphatic carbocycles. The summed E-state index contributed by atoms with van der Waals surface area (Å²) in [6, 6.07) is 4.96. The number of hydrogen-bond acceptors (Lipinski definition) is 4. The van der Waals surface area contributed by atoms with E-state index in [1.165, 1.54) is 12.1 Å². The first-order valence-corrected chi connectivity index (χ1v) is 12.0. The van der Waals surface area contributed by atoms with E-state index in [1.54, 1.807) is 16.7 Å². The molecular weight excluding hydrogens is 439 g/mol. The van der Waals surface area contributed by atoms with Gasteiger partial charge in [0.05, 0.1) is 17.3 Å². The maximum atomic E-state index is 13.0. The molecule has 1 aromatic carbocycles. The molecule has 0 spiro atoms. The van der Waals surface area contributed by atoms with Gasteiger partial charge in [-0.15, -0.1) is 11.8 Å². The zero-order valence-corrected chi connectivity index (χ0v) is 19.9. The first kappa shape index (κ1) is 24.5. The summed E-state index contributed by atoms with van der Waals surface area (Å²) in [5.74, 6) is 0.979. The van der Waals surface area contributed by atoms with Crippen LogP contribution in [0, 0.1) is 0 Å². The molecule has 9 heteroatoms. The predicted octanol–water partition coefficient (Wildman–Crippen LogP) is 6.11. The van der Waals surface area contributed by atoms with Gasteiger partial charge in [0, 0.05) is 19.5 Å². The quantitative estimate of drug-likeness (QED) is 0.496. The molecule has 176 valence electrons. The zero-order valence-electron chi connectivity index (χ0n) is 19.1. The number of rotatable bonds is 5. The van der Waals surface area contributed by atoms with Crippen LogP contribution in [0.1, 0.15) is 62.8 Å². The van der Waals surface area contributed by atoms with Gasteiger partial charge in [0.2, 0.25) is 0 Å². The van der Waals surface area contributed by atoms with Crippen LogP contribution in [0.4, 0.5) is 18.0 Å². The predicted molar refractivity (Wildman–Crippen MR) is 119 cm³/mol. The molecule has 5 nitrogen and oxygen atoms in total. The van der Waals surface area contributed by atoms with Crippen molar-refractivity contribution in [3.05, 3.63) is 46.9 Å². The fourth-order valence-electron chi connectivity index (χ4n) is 3.99. The van der Waals surface area contributed by atoms with E-state index in [1.807, 2.05) is 27.0 Å². The fourth-order valence-corrected chi connectivity index (χ4v) is 4.64. The van der Waals surface area contributed by atoms with Crippen molar-refractivity contribution < 1.29 is 22.7 Å². The van der Waals surface area contributed by atoms with Crippen LogP contribution < -0.4 is 0 Å². The van der Waals surface area contributed by atoms with Gasteiger partial charge in [-0.05, 0) is 57.6 Å². The average Bonchev–Trinajstić information content (AvgIpc) is 3.08. The summed E-state index contributed by atoms with van der Waals surface area (Å²) in [5.41, 5.74) is 0.493. The number of aryl methyl sites for hydroxylation is 2. The highest BCUT2D eigenvalue weighted by molar-refractivity contribution is 7.98. The molecule has 0 bridgehead atoms. The summed E-state index contributed by atoms with van der Waals surface area (Å²) < 4.78 is 46.5. The molecule has 1 unspecified atom stereocenters. The zero-order chi connectivity index (χ0) is 23.7. The van der Waals surface area contributed by atoms with E-state index in [-0.39, 0.29) is 12.1 Å². The number of hydrogen-bond donors (Lipinski definition) is 0. The third kappa shape index (κ3) is 5.42. The minimum absolute atomic E-state index is 0.267. The Morgan fingerprint density at radius 2 is 1.84 bits per heavy atom. The highest BCUT2D eigenvalue weighted by atomic mass is 32.2. The van der Waals surface area contributed by atoms with Crippen molar-refractivity contribution in [3.8, 4) is 0 Å². The molecule has 1 aromatic heterocycles. The van der Waals surface area contributed by atoms with E-state index in [9.17, 15) is 18.0 Å². The summed E-state index contributed by atoms with van der Waals surface area (Å²) in [6.07, 6.45) is -0.901. The summed E-state index contributed by atoms with van der Waals surface area (Å²) in [7, 11) is 0. The van der Waals surface area contributed by atoms with E-state index in [0.717, 1.165) is 40.7 Å². The number of aromatic nitrogens is 2. The number of fused-ring (bicyclic) bond motifs is 1. The summed E-state index contributed by atoms with van der Waals surface area (Å²) in [6.45, 7) is 8.69. The fraction of sp³-hybridized carbons (Fsp3) is 0.565. The second-order valence-corrected chi connectivity index (χ2v) is 9.65. The van der Waals surface area contributed by atoms with Gasteiger partial charge in [0.25, 0.3) is 0 Å². The first-order chi connectivity index (χ1) is 14.9. The number of benzene rings is 1. The average molecular weight is 470 g/mol. The Balaban J connectivity index is 1.90. The van der Waals surface area contributed by atoms with Crippen molar-refractivity contribution in [3.63, 3.8) is 0 Å². The van der Waals surface area contributed by atoms with E-state index in [0.29, 0.717) is 25.9 Å². The van der Waals surface area contributed by atoms with E-state index < -0.39 is 17.3 Å². The van der Waals surface area contributed by atoms with Gasteiger partial charge < -0.3 is 9.30 Å². The summed E-state index contributed by atoms with van der Waals surface area (Å²) >= 11 is 1.54. The van der Waals surface area contributed by atoms with E-state index >= 15 is 0 Å². The lowest BCUT2D eigenvalue weighted by Gasteiger charge is -2.38. The van der Waals surface area contributed by atoms with Crippen LogP contribution in [-0.4, -0.2) is 38.9 Å². The van der Waals surface area contributed by atoms with Crippen LogP contribution in [0.5, 0.6) is 0 Å². The molecular formula is C23H30F3N3O2S. The summed E-state index contributed by atoms with van der Waals surface area (Å²) in [5, 5.41) is 0.882. The van der Waals surface area contributed by atoms with Crippen LogP contribution in [-0.2, 0) is 30.3 Å². The van der Waals surface area contributed by atoms with Gasteiger partial charge in [0.15, 0.2) is 0 Å². The monoisotopic (exact) mass is 469 g/mol. The van der Waals surface area contributed by atoms with Crippen molar-refractivity contribution in [1.29, 1.82) is 0 Å². The minimum atomic E-state index is -4.36. The lowest BCUT2D eigenvalue weighted by molar-refractivity contribution is -0.137. The van der Waals surface area contributed by atoms with Gasteiger partial charge in [-0.3, -0.25) is 4.90 Å².